The number of methoxy groups -OCH3 is 2. The van der Waals surface area contributed by atoms with Crippen LogP contribution in [0.4, 0.5) is 0 Å². The molecule has 20 heavy (non-hydrogen) atoms. The van der Waals surface area contributed by atoms with Crippen molar-refractivity contribution in [3.63, 3.8) is 0 Å². The number of fused-ring (bicyclic) bond motifs is 3. The molecule has 0 bridgehead atoms. The summed E-state index contributed by atoms with van der Waals surface area (Å²) < 4.78 is 27.2. The average molecular weight is 273 g/mol. The molecule has 0 unspecified atom stereocenters. The quantitative estimate of drug-likeness (QED) is 0.715. The van der Waals surface area contributed by atoms with Gasteiger partial charge in [0.25, 0.3) is 0 Å². The van der Waals surface area contributed by atoms with Gasteiger partial charge in [-0.05, 0) is 6.07 Å². The highest BCUT2D eigenvalue weighted by atomic mass is 16.7. The minimum absolute atomic E-state index is 0.167. The summed E-state index contributed by atoms with van der Waals surface area (Å²) in [6, 6.07) is 3.61. The van der Waals surface area contributed by atoms with Crippen molar-refractivity contribution < 1.29 is 23.4 Å². The first-order valence-corrected chi connectivity index (χ1v) is 6.05. The fourth-order valence-corrected chi connectivity index (χ4v) is 2.52. The molecule has 0 fully saturated rings. The summed E-state index contributed by atoms with van der Waals surface area (Å²) in [7, 11) is 3.18. The molecule has 0 saturated heterocycles. The number of benzene rings is 1. The van der Waals surface area contributed by atoms with Crippen molar-refractivity contribution in [1.82, 2.24) is 4.98 Å². The molecule has 0 aliphatic carbocycles. The Hall–Kier alpha value is -2.63. The number of hydrogen-bond donors (Lipinski definition) is 0. The largest absolute Gasteiger partial charge is 0.495 e. The van der Waals surface area contributed by atoms with Gasteiger partial charge in [0, 0.05) is 6.07 Å². The van der Waals surface area contributed by atoms with Crippen LogP contribution >= 0.6 is 0 Å². The molecule has 0 spiro atoms. The smallest absolute Gasteiger partial charge is 0.231 e. The molecule has 6 heteroatoms. The van der Waals surface area contributed by atoms with Gasteiger partial charge < -0.3 is 23.4 Å². The van der Waals surface area contributed by atoms with Gasteiger partial charge in [0.2, 0.25) is 18.3 Å². The van der Waals surface area contributed by atoms with Gasteiger partial charge in [-0.25, -0.2) is 4.98 Å². The Morgan fingerprint density at radius 2 is 2.00 bits per heavy atom. The van der Waals surface area contributed by atoms with Crippen LogP contribution in [-0.2, 0) is 0 Å². The standard InChI is InChI=1S/C14H11NO5/c1-16-11-7-3-4-18-14(7)15-8-5-9-12(20-6-19-9)13(17-2)10(8)11/h3-5H,6H2,1-2H3. The van der Waals surface area contributed by atoms with Crippen LogP contribution in [-0.4, -0.2) is 26.0 Å². The minimum Gasteiger partial charge on any atom is -0.495 e. The second-order valence-corrected chi connectivity index (χ2v) is 4.32. The lowest BCUT2D eigenvalue weighted by Crippen LogP contribution is -1.95. The average Bonchev–Trinajstić information content (AvgIpc) is 3.10. The summed E-state index contributed by atoms with van der Waals surface area (Å²) in [5.74, 6) is 2.38. The van der Waals surface area contributed by atoms with E-state index >= 15 is 0 Å². The molecule has 3 aromatic rings. The number of pyridine rings is 1. The van der Waals surface area contributed by atoms with Crippen LogP contribution in [0.3, 0.4) is 0 Å². The molecule has 0 saturated carbocycles. The second kappa shape index (κ2) is 3.93. The Kier molecular flexibility index (Phi) is 2.20. The minimum atomic E-state index is 0.167. The van der Waals surface area contributed by atoms with E-state index in [1.807, 2.05) is 6.07 Å². The van der Waals surface area contributed by atoms with Gasteiger partial charge in [0.05, 0.1) is 36.8 Å². The molecule has 3 heterocycles. The lowest BCUT2D eigenvalue weighted by molar-refractivity contribution is 0.171. The van der Waals surface area contributed by atoms with Crippen LogP contribution in [0, 0.1) is 0 Å². The molecule has 1 aliphatic rings. The van der Waals surface area contributed by atoms with Crippen molar-refractivity contribution in [1.29, 1.82) is 0 Å². The van der Waals surface area contributed by atoms with Crippen LogP contribution in [0.25, 0.3) is 22.0 Å². The van der Waals surface area contributed by atoms with Crippen LogP contribution < -0.4 is 18.9 Å². The summed E-state index contributed by atoms with van der Waals surface area (Å²) in [5, 5.41) is 1.53. The number of nitrogens with zero attached hydrogens (tertiary/aromatic N) is 1. The zero-order valence-electron chi connectivity index (χ0n) is 10.9. The van der Waals surface area contributed by atoms with Gasteiger partial charge in [-0.15, -0.1) is 0 Å². The molecule has 0 N–H and O–H groups in total. The molecule has 1 aliphatic heterocycles. The van der Waals surface area contributed by atoms with Gasteiger partial charge in [0.1, 0.15) is 5.75 Å². The van der Waals surface area contributed by atoms with Gasteiger partial charge in [0.15, 0.2) is 11.5 Å². The van der Waals surface area contributed by atoms with E-state index in [4.69, 9.17) is 23.4 Å². The van der Waals surface area contributed by atoms with E-state index in [0.717, 1.165) is 10.8 Å². The third kappa shape index (κ3) is 1.30. The number of aromatic nitrogens is 1. The number of furan rings is 1. The van der Waals surface area contributed by atoms with Crippen molar-refractivity contribution in [2.45, 2.75) is 0 Å². The van der Waals surface area contributed by atoms with E-state index < -0.39 is 0 Å². The maximum atomic E-state index is 5.52. The van der Waals surface area contributed by atoms with Gasteiger partial charge >= 0.3 is 0 Å². The SMILES string of the molecule is COc1c2c(cc3nc4occc4c(OC)c13)OCO2. The molecule has 1 aromatic carbocycles. The van der Waals surface area contributed by atoms with Crippen LogP contribution in [0.15, 0.2) is 22.8 Å². The summed E-state index contributed by atoms with van der Waals surface area (Å²) >= 11 is 0. The molecule has 2 aromatic heterocycles. The highest BCUT2D eigenvalue weighted by molar-refractivity contribution is 6.04. The Balaban J connectivity index is 2.23. The Morgan fingerprint density at radius 3 is 2.80 bits per heavy atom. The predicted octanol–water partition coefficient (Wildman–Crippen LogP) is 2.73. The molecule has 0 amide bonds. The van der Waals surface area contributed by atoms with E-state index in [1.54, 1.807) is 26.5 Å². The first-order chi connectivity index (χ1) is 9.83. The van der Waals surface area contributed by atoms with E-state index in [2.05, 4.69) is 4.98 Å². The second-order valence-electron chi connectivity index (χ2n) is 4.32. The monoisotopic (exact) mass is 273 g/mol. The fourth-order valence-electron chi connectivity index (χ4n) is 2.52. The number of hydrogen-bond acceptors (Lipinski definition) is 6. The maximum absolute atomic E-state index is 5.52. The highest BCUT2D eigenvalue weighted by Gasteiger charge is 2.26. The maximum Gasteiger partial charge on any atom is 0.231 e. The van der Waals surface area contributed by atoms with Crippen molar-refractivity contribution in [2.24, 2.45) is 0 Å². The van der Waals surface area contributed by atoms with Crippen LogP contribution in [0.5, 0.6) is 23.0 Å². The molecule has 0 atom stereocenters. The Morgan fingerprint density at radius 1 is 1.15 bits per heavy atom. The molecular weight excluding hydrogens is 262 g/mol. The third-order valence-corrected chi connectivity index (χ3v) is 3.35. The van der Waals surface area contributed by atoms with Gasteiger partial charge in [-0.2, -0.15) is 0 Å². The van der Waals surface area contributed by atoms with Crippen molar-refractivity contribution in [2.75, 3.05) is 21.0 Å². The fraction of sp³-hybridized carbons (Fsp3) is 0.214. The summed E-state index contributed by atoms with van der Waals surface area (Å²) in [5.41, 5.74) is 1.18. The van der Waals surface area contributed by atoms with Crippen molar-refractivity contribution >= 4 is 22.0 Å². The normalized spacial score (nSPS) is 13.1. The lowest BCUT2D eigenvalue weighted by atomic mass is 10.1. The first-order valence-electron chi connectivity index (χ1n) is 6.05. The van der Waals surface area contributed by atoms with E-state index in [0.29, 0.717) is 34.2 Å². The molecule has 4 rings (SSSR count). The third-order valence-electron chi connectivity index (χ3n) is 3.35. The van der Waals surface area contributed by atoms with E-state index in [-0.39, 0.29) is 6.79 Å². The van der Waals surface area contributed by atoms with Crippen LogP contribution in [0.2, 0.25) is 0 Å². The topological polar surface area (TPSA) is 63.0 Å². The lowest BCUT2D eigenvalue weighted by Gasteiger charge is -2.12. The zero-order valence-corrected chi connectivity index (χ0v) is 10.9. The highest BCUT2D eigenvalue weighted by Crippen LogP contribution is 2.49. The number of rotatable bonds is 2. The zero-order chi connectivity index (χ0) is 13.7. The summed E-state index contributed by atoms with van der Waals surface area (Å²) in [6.45, 7) is 0.167. The van der Waals surface area contributed by atoms with Gasteiger partial charge in [-0.1, -0.05) is 0 Å². The summed E-state index contributed by atoms with van der Waals surface area (Å²) in [4.78, 5) is 4.47. The first kappa shape index (κ1) is 11.2. The molecule has 6 nitrogen and oxygen atoms in total. The van der Waals surface area contributed by atoms with Crippen LogP contribution in [0.1, 0.15) is 0 Å². The molecule has 102 valence electrons. The predicted molar refractivity (Wildman–Crippen MR) is 70.7 cm³/mol. The Bertz CT molecular complexity index is 823. The molecule has 0 radical (unpaired) electrons. The summed E-state index contributed by atoms with van der Waals surface area (Å²) in [6.07, 6.45) is 1.58. The van der Waals surface area contributed by atoms with Gasteiger partial charge in [-0.3, -0.25) is 0 Å². The van der Waals surface area contributed by atoms with E-state index in [9.17, 15) is 0 Å². The van der Waals surface area contributed by atoms with E-state index in [1.165, 1.54) is 0 Å². The van der Waals surface area contributed by atoms with Crippen molar-refractivity contribution in [3.8, 4) is 23.0 Å². The molecular formula is C14H11NO5. The van der Waals surface area contributed by atoms with Crippen molar-refractivity contribution in [3.05, 3.63) is 18.4 Å². The number of ether oxygens (including phenoxy) is 4. The Labute approximate surface area is 113 Å².